The van der Waals surface area contributed by atoms with E-state index in [1.54, 1.807) is 11.8 Å². The Morgan fingerprint density at radius 1 is 1.03 bits per heavy atom. The minimum absolute atomic E-state index is 0.0406. The molecule has 4 aromatic rings. The van der Waals surface area contributed by atoms with Gasteiger partial charge in [-0.05, 0) is 73.2 Å². The number of sulfonamides is 1. The molecule has 0 radical (unpaired) electrons. The van der Waals surface area contributed by atoms with Crippen LogP contribution in [0, 0.1) is 0 Å². The van der Waals surface area contributed by atoms with Crippen molar-refractivity contribution < 1.29 is 17.6 Å². The molecule has 0 spiro atoms. The summed E-state index contributed by atoms with van der Waals surface area (Å²) in [5.41, 5.74) is 2.74. The van der Waals surface area contributed by atoms with Gasteiger partial charge in [-0.25, -0.2) is 8.42 Å². The number of carbonyl (C=O) groups excluding carboxylic acids is 1. The van der Waals surface area contributed by atoms with E-state index in [4.69, 9.17) is 4.42 Å². The van der Waals surface area contributed by atoms with E-state index >= 15 is 0 Å². The molecule has 1 aromatic heterocycles. The van der Waals surface area contributed by atoms with Gasteiger partial charge in [0.2, 0.25) is 5.89 Å². The van der Waals surface area contributed by atoms with Crippen molar-refractivity contribution in [2.24, 2.45) is 0 Å². The highest BCUT2D eigenvalue weighted by Gasteiger charge is 2.29. The molecule has 5 rings (SSSR count). The standard InChI is InChI=1S/C25H22N4O4S2/c1-34-20-9-4-7-19(16-20)24-27-28-25(33-24)26-23(30)18-11-13-21(14-12-18)35(31,32)29-15-5-8-17-6-2-3-10-22(17)29/h2-4,6-7,9-14,16H,5,8,15H2,1H3,(H,26,28,30). The molecule has 0 unspecified atom stereocenters. The fourth-order valence-corrected chi connectivity index (χ4v) is 5.97. The van der Waals surface area contributed by atoms with E-state index in [0.717, 1.165) is 28.9 Å². The molecular formula is C25H22N4O4S2. The summed E-state index contributed by atoms with van der Waals surface area (Å²) in [7, 11) is -3.75. The van der Waals surface area contributed by atoms with Gasteiger partial charge in [-0.3, -0.25) is 14.4 Å². The third-order valence-corrected chi connectivity index (χ3v) is 8.29. The Bertz CT molecular complexity index is 1480. The lowest BCUT2D eigenvalue weighted by Crippen LogP contribution is -2.35. The quantitative estimate of drug-likeness (QED) is 0.373. The van der Waals surface area contributed by atoms with Crippen LogP contribution in [0.1, 0.15) is 22.3 Å². The van der Waals surface area contributed by atoms with E-state index in [1.165, 1.54) is 28.6 Å². The summed E-state index contributed by atoms with van der Waals surface area (Å²) in [5.74, 6) is -0.190. The Morgan fingerprint density at radius 3 is 2.63 bits per heavy atom. The van der Waals surface area contributed by atoms with Gasteiger partial charge in [-0.15, -0.1) is 16.9 Å². The van der Waals surface area contributed by atoms with E-state index in [9.17, 15) is 13.2 Å². The second-order valence-electron chi connectivity index (χ2n) is 7.93. The summed E-state index contributed by atoms with van der Waals surface area (Å²) in [4.78, 5) is 13.9. The van der Waals surface area contributed by atoms with Crippen molar-refractivity contribution in [3.63, 3.8) is 0 Å². The summed E-state index contributed by atoms with van der Waals surface area (Å²) in [6.45, 7) is 0.418. The molecule has 10 heteroatoms. The minimum Gasteiger partial charge on any atom is -0.403 e. The molecule has 8 nitrogen and oxygen atoms in total. The number of anilines is 2. The average molecular weight is 507 g/mol. The monoisotopic (exact) mass is 506 g/mol. The second-order valence-corrected chi connectivity index (χ2v) is 10.7. The Balaban J connectivity index is 1.31. The van der Waals surface area contributed by atoms with Gasteiger partial charge in [0.05, 0.1) is 10.6 Å². The lowest BCUT2D eigenvalue weighted by Gasteiger charge is -2.30. The number of rotatable bonds is 6. The Hall–Kier alpha value is -3.63. The number of benzene rings is 3. The molecule has 0 fully saturated rings. The van der Waals surface area contributed by atoms with Crippen LogP contribution in [-0.2, 0) is 16.4 Å². The molecule has 0 bridgehead atoms. The second kappa shape index (κ2) is 9.55. The molecule has 35 heavy (non-hydrogen) atoms. The third-order valence-electron chi connectivity index (χ3n) is 5.73. The van der Waals surface area contributed by atoms with Gasteiger partial charge in [0.15, 0.2) is 0 Å². The van der Waals surface area contributed by atoms with Crippen molar-refractivity contribution in [3.8, 4) is 11.5 Å². The van der Waals surface area contributed by atoms with Crippen molar-refractivity contribution in [2.75, 3.05) is 22.4 Å². The van der Waals surface area contributed by atoms with Crippen LogP contribution in [0.4, 0.5) is 11.7 Å². The van der Waals surface area contributed by atoms with Crippen LogP contribution in [-0.4, -0.2) is 37.3 Å². The minimum atomic E-state index is -3.75. The number of carbonyl (C=O) groups is 1. The van der Waals surface area contributed by atoms with Crippen molar-refractivity contribution in [1.82, 2.24) is 10.2 Å². The smallest absolute Gasteiger partial charge is 0.322 e. The summed E-state index contributed by atoms with van der Waals surface area (Å²) in [5, 5.41) is 10.5. The maximum absolute atomic E-state index is 13.3. The van der Waals surface area contributed by atoms with Crippen LogP contribution in [0.3, 0.4) is 0 Å². The van der Waals surface area contributed by atoms with Crippen molar-refractivity contribution in [1.29, 1.82) is 0 Å². The van der Waals surface area contributed by atoms with Gasteiger partial charge in [-0.1, -0.05) is 29.4 Å². The topological polar surface area (TPSA) is 105 Å². The van der Waals surface area contributed by atoms with E-state index in [2.05, 4.69) is 15.5 Å². The zero-order chi connectivity index (χ0) is 24.4. The Labute approximate surface area is 207 Å². The molecule has 0 aliphatic carbocycles. The molecule has 1 amide bonds. The normalized spacial score (nSPS) is 13.3. The van der Waals surface area contributed by atoms with Gasteiger partial charge in [-0.2, -0.15) is 0 Å². The SMILES string of the molecule is CSc1cccc(-c2nnc(NC(=O)c3ccc(S(=O)(=O)N4CCCc5ccccc54)cc3)o2)c1. The number of thioether (sulfide) groups is 1. The third kappa shape index (κ3) is 4.67. The number of para-hydroxylation sites is 1. The molecule has 0 saturated carbocycles. The van der Waals surface area contributed by atoms with E-state index in [-0.39, 0.29) is 16.5 Å². The molecule has 178 valence electrons. The van der Waals surface area contributed by atoms with Crippen LogP contribution in [0.5, 0.6) is 0 Å². The highest BCUT2D eigenvalue weighted by Crippen LogP contribution is 2.32. The summed E-state index contributed by atoms with van der Waals surface area (Å²) >= 11 is 1.60. The molecule has 1 N–H and O–H groups in total. The highest BCUT2D eigenvalue weighted by atomic mass is 32.2. The summed E-state index contributed by atoms with van der Waals surface area (Å²) in [6, 6.07) is 20.9. The molecular weight excluding hydrogens is 484 g/mol. The molecule has 0 saturated heterocycles. The molecule has 1 aliphatic heterocycles. The number of nitrogens with zero attached hydrogens (tertiary/aromatic N) is 3. The Kier molecular flexibility index (Phi) is 6.31. The number of aryl methyl sites for hydroxylation is 1. The summed E-state index contributed by atoms with van der Waals surface area (Å²) in [6.07, 6.45) is 3.58. The van der Waals surface area contributed by atoms with Gasteiger partial charge >= 0.3 is 6.01 Å². The fraction of sp³-hybridized carbons (Fsp3) is 0.160. The van der Waals surface area contributed by atoms with Crippen LogP contribution in [0.15, 0.2) is 87.0 Å². The van der Waals surface area contributed by atoms with Crippen LogP contribution in [0.2, 0.25) is 0 Å². The first-order valence-corrected chi connectivity index (χ1v) is 13.6. The number of nitrogens with one attached hydrogen (secondary N) is 1. The average Bonchev–Trinajstić information content (AvgIpc) is 3.37. The van der Waals surface area contributed by atoms with Gasteiger partial charge in [0.25, 0.3) is 15.9 Å². The predicted octanol–water partition coefficient (Wildman–Crippen LogP) is 4.85. The molecule has 2 heterocycles. The zero-order valence-electron chi connectivity index (χ0n) is 18.8. The van der Waals surface area contributed by atoms with Crippen molar-refractivity contribution >= 4 is 39.4 Å². The number of hydrogen-bond donors (Lipinski definition) is 1. The van der Waals surface area contributed by atoms with Crippen molar-refractivity contribution in [3.05, 3.63) is 83.9 Å². The maximum atomic E-state index is 13.3. The lowest BCUT2D eigenvalue weighted by molar-refractivity contribution is 0.102. The highest BCUT2D eigenvalue weighted by molar-refractivity contribution is 7.98. The molecule has 3 aromatic carbocycles. The van der Waals surface area contributed by atoms with E-state index < -0.39 is 15.9 Å². The zero-order valence-corrected chi connectivity index (χ0v) is 20.5. The molecule has 1 aliphatic rings. The van der Waals surface area contributed by atoms with Crippen molar-refractivity contribution in [2.45, 2.75) is 22.6 Å². The van der Waals surface area contributed by atoms with Gasteiger partial charge < -0.3 is 4.42 Å². The fourth-order valence-electron chi connectivity index (χ4n) is 3.97. The number of amides is 1. The first kappa shape index (κ1) is 23.1. The number of fused-ring (bicyclic) bond motifs is 1. The lowest BCUT2D eigenvalue weighted by atomic mass is 10.0. The van der Waals surface area contributed by atoms with Crippen LogP contribution < -0.4 is 9.62 Å². The summed E-state index contributed by atoms with van der Waals surface area (Å²) < 4.78 is 33.6. The first-order chi connectivity index (χ1) is 17.0. The van der Waals surface area contributed by atoms with Crippen LogP contribution in [0.25, 0.3) is 11.5 Å². The largest absolute Gasteiger partial charge is 0.403 e. The van der Waals surface area contributed by atoms with E-state index in [1.807, 2.05) is 54.8 Å². The predicted molar refractivity (Wildman–Crippen MR) is 135 cm³/mol. The van der Waals surface area contributed by atoms with Crippen LogP contribution >= 0.6 is 11.8 Å². The number of aromatic nitrogens is 2. The maximum Gasteiger partial charge on any atom is 0.322 e. The number of hydrogen-bond acceptors (Lipinski definition) is 7. The van der Waals surface area contributed by atoms with Gasteiger partial charge in [0, 0.05) is 22.6 Å². The molecule has 0 atom stereocenters. The first-order valence-electron chi connectivity index (χ1n) is 11.0. The Morgan fingerprint density at radius 2 is 1.83 bits per heavy atom. The van der Waals surface area contributed by atoms with Gasteiger partial charge in [0.1, 0.15) is 0 Å². The van der Waals surface area contributed by atoms with E-state index in [0.29, 0.717) is 18.1 Å².